The van der Waals surface area contributed by atoms with E-state index in [1.54, 1.807) is 7.11 Å². The van der Waals surface area contributed by atoms with Gasteiger partial charge in [0.1, 0.15) is 0 Å². The van der Waals surface area contributed by atoms with Gasteiger partial charge in [-0.2, -0.15) is 0 Å². The van der Waals surface area contributed by atoms with Gasteiger partial charge in [0.15, 0.2) is 0 Å². The molecule has 0 fully saturated rings. The highest BCUT2D eigenvalue weighted by Gasteiger charge is 2.06. The lowest BCUT2D eigenvalue weighted by Gasteiger charge is -2.15. The van der Waals surface area contributed by atoms with E-state index in [0.717, 1.165) is 26.1 Å². The SMILES string of the molecule is CCC(CNCCOC)Cc1ccc(I)cc1. The van der Waals surface area contributed by atoms with Crippen molar-refractivity contribution in [2.45, 2.75) is 19.8 Å². The van der Waals surface area contributed by atoms with Crippen LogP contribution in [-0.2, 0) is 11.2 Å². The van der Waals surface area contributed by atoms with E-state index in [2.05, 4.69) is 59.1 Å². The molecule has 0 aliphatic rings. The number of rotatable bonds is 8. The normalized spacial score (nSPS) is 12.6. The largest absolute Gasteiger partial charge is 0.383 e. The lowest BCUT2D eigenvalue weighted by Crippen LogP contribution is -2.27. The second-order valence-corrected chi connectivity index (χ2v) is 5.55. The fraction of sp³-hybridized carbons (Fsp3) is 0.571. The van der Waals surface area contributed by atoms with Crippen molar-refractivity contribution in [1.29, 1.82) is 0 Å². The smallest absolute Gasteiger partial charge is 0.0587 e. The molecule has 1 rings (SSSR count). The van der Waals surface area contributed by atoms with Crippen molar-refractivity contribution in [3.8, 4) is 0 Å². The Labute approximate surface area is 118 Å². The van der Waals surface area contributed by atoms with Crippen molar-refractivity contribution >= 4 is 22.6 Å². The Bertz CT molecular complexity index is 300. The van der Waals surface area contributed by atoms with E-state index >= 15 is 0 Å². The van der Waals surface area contributed by atoms with Gasteiger partial charge in [-0.15, -0.1) is 0 Å². The standard InChI is InChI=1S/C14H22INO/c1-3-12(11-16-8-9-17-2)10-13-4-6-14(15)7-5-13/h4-7,12,16H,3,8-11H2,1-2H3. The minimum Gasteiger partial charge on any atom is -0.383 e. The molecule has 0 aliphatic heterocycles. The highest BCUT2D eigenvalue weighted by Crippen LogP contribution is 2.13. The lowest BCUT2D eigenvalue weighted by atomic mass is 9.97. The van der Waals surface area contributed by atoms with Crippen LogP contribution in [0.5, 0.6) is 0 Å². The van der Waals surface area contributed by atoms with E-state index in [9.17, 15) is 0 Å². The zero-order valence-electron chi connectivity index (χ0n) is 10.7. The molecule has 1 aromatic carbocycles. The van der Waals surface area contributed by atoms with Gasteiger partial charge in [-0.1, -0.05) is 25.5 Å². The van der Waals surface area contributed by atoms with Crippen molar-refractivity contribution in [3.63, 3.8) is 0 Å². The van der Waals surface area contributed by atoms with Crippen LogP contribution in [0.15, 0.2) is 24.3 Å². The summed E-state index contributed by atoms with van der Waals surface area (Å²) < 4.78 is 6.33. The third-order valence-electron chi connectivity index (χ3n) is 2.93. The molecule has 1 N–H and O–H groups in total. The number of halogens is 1. The van der Waals surface area contributed by atoms with Crippen LogP contribution in [0, 0.1) is 9.49 Å². The second-order valence-electron chi connectivity index (χ2n) is 4.30. The van der Waals surface area contributed by atoms with Crippen molar-refractivity contribution in [3.05, 3.63) is 33.4 Å². The predicted molar refractivity (Wildman–Crippen MR) is 81.4 cm³/mol. The Hall–Kier alpha value is -0.130. The first-order valence-electron chi connectivity index (χ1n) is 6.20. The molecule has 1 atom stereocenters. The van der Waals surface area contributed by atoms with Crippen LogP contribution in [0.2, 0.25) is 0 Å². The average molecular weight is 347 g/mol. The van der Waals surface area contributed by atoms with Crippen molar-refractivity contribution < 1.29 is 4.74 Å². The molecule has 0 radical (unpaired) electrons. The molecule has 96 valence electrons. The van der Waals surface area contributed by atoms with Gasteiger partial charge in [-0.3, -0.25) is 0 Å². The van der Waals surface area contributed by atoms with Crippen molar-refractivity contribution in [2.75, 3.05) is 26.8 Å². The average Bonchev–Trinajstić information content (AvgIpc) is 2.35. The van der Waals surface area contributed by atoms with Gasteiger partial charge < -0.3 is 10.1 Å². The molecular weight excluding hydrogens is 325 g/mol. The van der Waals surface area contributed by atoms with Gasteiger partial charge in [0, 0.05) is 17.2 Å². The van der Waals surface area contributed by atoms with E-state index in [1.165, 1.54) is 15.6 Å². The summed E-state index contributed by atoms with van der Waals surface area (Å²) in [6.45, 7) is 5.07. The summed E-state index contributed by atoms with van der Waals surface area (Å²) in [5.41, 5.74) is 1.44. The maximum Gasteiger partial charge on any atom is 0.0587 e. The van der Waals surface area contributed by atoms with Crippen LogP contribution in [0.3, 0.4) is 0 Å². The van der Waals surface area contributed by atoms with Crippen LogP contribution in [0.1, 0.15) is 18.9 Å². The third-order valence-corrected chi connectivity index (χ3v) is 3.65. The van der Waals surface area contributed by atoms with Crippen LogP contribution in [0.25, 0.3) is 0 Å². The molecule has 0 aromatic heterocycles. The monoisotopic (exact) mass is 347 g/mol. The topological polar surface area (TPSA) is 21.3 Å². The first-order chi connectivity index (χ1) is 8.26. The lowest BCUT2D eigenvalue weighted by molar-refractivity contribution is 0.197. The Morgan fingerprint density at radius 2 is 2.00 bits per heavy atom. The molecule has 0 heterocycles. The van der Waals surface area contributed by atoms with Crippen molar-refractivity contribution in [1.82, 2.24) is 5.32 Å². The van der Waals surface area contributed by atoms with Gasteiger partial charge in [0.2, 0.25) is 0 Å². The van der Waals surface area contributed by atoms with Gasteiger partial charge in [0.25, 0.3) is 0 Å². The van der Waals surface area contributed by atoms with Gasteiger partial charge >= 0.3 is 0 Å². The zero-order valence-corrected chi connectivity index (χ0v) is 12.9. The fourth-order valence-corrected chi connectivity index (χ4v) is 2.15. The molecule has 1 unspecified atom stereocenters. The molecule has 0 bridgehead atoms. The Morgan fingerprint density at radius 1 is 1.29 bits per heavy atom. The van der Waals surface area contributed by atoms with E-state index in [1.807, 2.05) is 0 Å². The van der Waals surface area contributed by atoms with E-state index in [4.69, 9.17) is 4.74 Å². The van der Waals surface area contributed by atoms with Gasteiger partial charge in [-0.25, -0.2) is 0 Å². The molecule has 0 saturated carbocycles. The molecule has 3 heteroatoms. The van der Waals surface area contributed by atoms with Crippen molar-refractivity contribution in [2.24, 2.45) is 5.92 Å². The minimum absolute atomic E-state index is 0.715. The summed E-state index contributed by atoms with van der Waals surface area (Å²) >= 11 is 2.35. The van der Waals surface area contributed by atoms with Crippen LogP contribution in [-0.4, -0.2) is 26.8 Å². The minimum atomic E-state index is 0.715. The Kier molecular flexibility index (Phi) is 7.81. The van der Waals surface area contributed by atoms with E-state index in [0.29, 0.717) is 5.92 Å². The predicted octanol–water partition coefficient (Wildman–Crippen LogP) is 3.10. The number of ether oxygens (including phenoxy) is 1. The number of nitrogens with one attached hydrogen (secondary N) is 1. The summed E-state index contributed by atoms with van der Waals surface area (Å²) in [5, 5.41) is 3.44. The number of hydrogen-bond acceptors (Lipinski definition) is 2. The molecule has 2 nitrogen and oxygen atoms in total. The maximum absolute atomic E-state index is 5.03. The highest BCUT2D eigenvalue weighted by atomic mass is 127. The molecule has 0 saturated heterocycles. The summed E-state index contributed by atoms with van der Waals surface area (Å²) in [6.07, 6.45) is 2.37. The maximum atomic E-state index is 5.03. The molecular formula is C14H22INO. The fourth-order valence-electron chi connectivity index (χ4n) is 1.80. The number of hydrogen-bond donors (Lipinski definition) is 1. The van der Waals surface area contributed by atoms with Crippen LogP contribution in [0.4, 0.5) is 0 Å². The zero-order chi connectivity index (χ0) is 12.5. The first-order valence-corrected chi connectivity index (χ1v) is 7.28. The van der Waals surface area contributed by atoms with Gasteiger partial charge in [0.05, 0.1) is 6.61 Å². The van der Waals surface area contributed by atoms with E-state index < -0.39 is 0 Å². The van der Waals surface area contributed by atoms with Gasteiger partial charge in [-0.05, 0) is 59.2 Å². The molecule has 0 aliphatic carbocycles. The Morgan fingerprint density at radius 3 is 2.59 bits per heavy atom. The number of methoxy groups -OCH3 is 1. The highest BCUT2D eigenvalue weighted by molar-refractivity contribution is 14.1. The molecule has 17 heavy (non-hydrogen) atoms. The second kappa shape index (κ2) is 8.89. The summed E-state index contributed by atoms with van der Waals surface area (Å²) in [7, 11) is 1.74. The summed E-state index contributed by atoms with van der Waals surface area (Å²) in [4.78, 5) is 0. The van der Waals surface area contributed by atoms with Crippen LogP contribution < -0.4 is 5.32 Å². The Balaban J connectivity index is 2.33. The summed E-state index contributed by atoms with van der Waals surface area (Å²) in [5.74, 6) is 0.715. The third kappa shape index (κ3) is 6.38. The molecule has 1 aromatic rings. The van der Waals surface area contributed by atoms with E-state index in [-0.39, 0.29) is 0 Å². The molecule has 0 amide bonds. The van der Waals surface area contributed by atoms with Crippen LogP contribution >= 0.6 is 22.6 Å². The number of benzene rings is 1. The molecule has 0 spiro atoms. The quantitative estimate of drug-likeness (QED) is 0.576. The first kappa shape index (κ1) is 14.9. The summed E-state index contributed by atoms with van der Waals surface area (Å²) in [6, 6.07) is 8.83.